The number of phenolic OH excluding ortho intramolecular Hbond substituents is 1. The summed E-state index contributed by atoms with van der Waals surface area (Å²) >= 11 is 0. The number of hydrogen-bond acceptors (Lipinski definition) is 8. The Morgan fingerprint density at radius 2 is 1.69 bits per heavy atom. The Morgan fingerprint density at radius 3 is 2.31 bits per heavy atom. The van der Waals surface area contributed by atoms with Gasteiger partial charge in [0.2, 0.25) is 5.75 Å². The molecule has 1 aliphatic heterocycles. The molecule has 39 heavy (non-hydrogen) atoms. The van der Waals surface area contributed by atoms with Crippen molar-refractivity contribution >= 4 is 22.2 Å². The minimum Gasteiger partial charge on any atom is -0.508 e. The van der Waals surface area contributed by atoms with E-state index in [1.165, 1.54) is 21.3 Å². The van der Waals surface area contributed by atoms with Crippen molar-refractivity contribution in [1.29, 1.82) is 5.26 Å². The third kappa shape index (κ3) is 4.11. The average Bonchev–Trinajstić information content (AvgIpc) is 2.91. The van der Waals surface area contributed by atoms with Gasteiger partial charge in [0.05, 0.1) is 44.6 Å². The van der Waals surface area contributed by atoms with Gasteiger partial charge in [0.15, 0.2) is 17.3 Å². The van der Waals surface area contributed by atoms with Gasteiger partial charge in [-0.2, -0.15) is 5.26 Å². The zero-order chi connectivity index (χ0) is 28.1. The second kappa shape index (κ2) is 9.59. The van der Waals surface area contributed by atoms with Crippen LogP contribution in [0.2, 0.25) is 0 Å². The summed E-state index contributed by atoms with van der Waals surface area (Å²) in [5.41, 5.74) is 8.85. The van der Waals surface area contributed by atoms with Crippen LogP contribution in [0, 0.1) is 16.7 Å². The zero-order valence-corrected chi connectivity index (χ0v) is 22.7. The van der Waals surface area contributed by atoms with E-state index in [0.717, 1.165) is 10.8 Å². The quantitative estimate of drug-likeness (QED) is 0.448. The van der Waals surface area contributed by atoms with Gasteiger partial charge in [-0.1, -0.05) is 44.2 Å². The number of benzene rings is 3. The smallest absolute Gasteiger partial charge is 0.203 e. The molecule has 2 aliphatic rings. The molecule has 1 heterocycles. The average molecular weight is 526 g/mol. The molecule has 0 radical (unpaired) electrons. The van der Waals surface area contributed by atoms with Crippen LogP contribution in [0.1, 0.15) is 38.2 Å². The van der Waals surface area contributed by atoms with Gasteiger partial charge in [-0.05, 0) is 28.7 Å². The van der Waals surface area contributed by atoms with E-state index in [-0.39, 0.29) is 28.3 Å². The van der Waals surface area contributed by atoms with Crippen LogP contribution in [0.15, 0.2) is 71.2 Å². The van der Waals surface area contributed by atoms with E-state index < -0.39 is 5.92 Å². The number of aromatic hydroxyl groups is 1. The summed E-state index contributed by atoms with van der Waals surface area (Å²) in [5, 5.41) is 23.3. The van der Waals surface area contributed by atoms with Crippen LogP contribution in [-0.2, 0) is 4.79 Å². The molecule has 1 aliphatic carbocycles. The van der Waals surface area contributed by atoms with Crippen molar-refractivity contribution in [3.63, 3.8) is 0 Å². The number of nitrogens with two attached hydrogens (primary N) is 1. The van der Waals surface area contributed by atoms with Crippen molar-refractivity contribution in [2.75, 3.05) is 26.2 Å². The van der Waals surface area contributed by atoms with E-state index in [1.807, 2.05) is 44.2 Å². The van der Waals surface area contributed by atoms with Crippen molar-refractivity contribution in [3.8, 4) is 29.1 Å². The number of fused-ring (bicyclic) bond motifs is 1. The first-order valence-electron chi connectivity index (χ1n) is 12.6. The van der Waals surface area contributed by atoms with Crippen LogP contribution < -0.4 is 24.8 Å². The number of rotatable bonds is 5. The lowest BCUT2D eigenvalue weighted by Crippen LogP contribution is -2.42. The largest absolute Gasteiger partial charge is 0.508 e. The molecule has 1 unspecified atom stereocenters. The van der Waals surface area contributed by atoms with E-state index in [0.29, 0.717) is 52.6 Å². The lowest BCUT2D eigenvalue weighted by molar-refractivity contribution is -0.118. The van der Waals surface area contributed by atoms with Crippen molar-refractivity contribution in [3.05, 3.63) is 76.8 Å². The normalized spacial score (nSPS) is 18.6. The van der Waals surface area contributed by atoms with E-state index in [2.05, 4.69) is 6.07 Å². The maximum absolute atomic E-state index is 14.0. The Bertz CT molecular complexity index is 1590. The molecule has 3 aromatic rings. The second-order valence-corrected chi connectivity index (χ2v) is 10.6. The zero-order valence-electron chi connectivity index (χ0n) is 22.7. The SMILES string of the molecule is COc1cc(N2C(N)=C(C#N)C(c3c(O)ccc4ccccc34)C3=C2CC(C)(C)CC3=O)cc(OC)c1OC. The fourth-order valence-corrected chi connectivity index (χ4v) is 5.88. The van der Waals surface area contributed by atoms with Gasteiger partial charge in [0, 0.05) is 35.4 Å². The fraction of sp³-hybridized carbons (Fsp3) is 0.290. The summed E-state index contributed by atoms with van der Waals surface area (Å²) in [5.74, 6) is 0.510. The lowest BCUT2D eigenvalue weighted by atomic mass is 9.68. The van der Waals surface area contributed by atoms with E-state index >= 15 is 0 Å². The molecule has 0 spiro atoms. The third-order valence-electron chi connectivity index (χ3n) is 7.53. The molecule has 0 bridgehead atoms. The summed E-state index contributed by atoms with van der Waals surface area (Å²) in [6.45, 7) is 4.07. The first-order valence-corrected chi connectivity index (χ1v) is 12.6. The highest BCUT2D eigenvalue weighted by Gasteiger charge is 2.46. The molecule has 8 nitrogen and oxygen atoms in total. The standard InChI is InChI=1S/C31H31N3O5/c1-31(2)14-21-28(23(36)15-31)27(26-19-9-7-6-8-17(19)10-11-22(26)35)20(16-32)30(33)34(21)18-12-24(37-3)29(39-5)25(13-18)38-4/h6-13,27,35H,14-15,33H2,1-5H3. The van der Waals surface area contributed by atoms with Gasteiger partial charge in [0.25, 0.3) is 0 Å². The van der Waals surface area contributed by atoms with Crippen molar-refractivity contribution in [2.24, 2.45) is 11.1 Å². The lowest BCUT2D eigenvalue weighted by Gasteiger charge is -2.44. The predicted octanol–water partition coefficient (Wildman–Crippen LogP) is 5.51. The molecule has 1 atom stereocenters. The van der Waals surface area contributed by atoms with Gasteiger partial charge in [-0.25, -0.2) is 0 Å². The van der Waals surface area contributed by atoms with Crippen LogP contribution in [0.5, 0.6) is 23.0 Å². The van der Waals surface area contributed by atoms with Crippen molar-refractivity contribution in [2.45, 2.75) is 32.6 Å². The van der Waals surface area contributed by atoms with Gasteiger partial charge in [-0.3, -0.25) is 9.69 Å². The molecule has 0 saturated carbocycles. The Hall–Kier alpha value is -4.64. The first-order chi connectivity index (χ1) is 18.6. The van der Waals surface area contributed by atoms with Crippen LogP contribution >= 0.6 is 0 Å². The van der Waals surface area contributed by atoms with Gasteiger partial charge >= 0.3 is 0 Å². The Balaban J connectivity index is 1.85. The Morgan fingerprint density at radius 1 is 1.03 bits per heavy atom. The number of hydrogen-bond donors (Lipinski definition) is 2. The van der Waals surface area contributed by atoms with Crippen LogP contribution in [0.3, 0.4) is 0 Å². The fourth-order valence-electron chi connectivity index (χ4n) is 5.88. The molecule has 200 valence electrons. The van der Waals surface area contributed by atoms with E-state index in [9.17, 15) is 15.2 Å². The van der Waals surface area contributed by atoms with E-state index in [1.54, 1.807) is 23.1 Å². The Kier molecular flexibility index (Phi) is 6.39. The molecule has 5 rings (SSSR count). The number of Topliss-reactive ketones (excluding diaryl/α,β-unsaturated/α-hetero) is 1. The summed E-state index contributed by atoms with van der Waals surface area (Å²) in [4.78, 5) is 15.7. The number of phenols is 1. The summed E-state index contributed by atoms with van der Waals surface area (Å²) in [6.07, 6.45) is 0.821. The number of carbonyl (C=O) groups excluding carboxylic acids is 1. The van der Waals surface area contributed by atoms with Gasteiger partial charge < -0.3 is 25.1 Å². The number of nitriles is 1. The third-order valence-corrected chi connectivity index (χ3v) is 7.53. The number of ether oxygens (including phenoxy) is 3. The van der Waals surface area contributed by atoms with Crippen LogP contribution in [-0.4, -0.2) is 32.2 Å². The minimum absolute atomic E-state index is 0.00460. The molecule has 3 aromatic carbocycles. The number of methoxy groups -OCH3 is 3. The molecule has 0 aromatic heterocycles. The highest BCUT2D eigenvalue weighted by molar-refractivity contribution is 6.03. The molecule has 0 saturated heterocycles. The summed E-state index contributed by atoms with van der Waals surface area (Å²) in [7, 11) is 4.57. The second-order valence-electron chi connectivity index (χ2n) is 10.6. The highest BCUT2D eigenvalue weighted by atomic mass is 16.5. The highest BCUT2D eigenvalue weighted by Crippen LogP contribution is 2.53. The summed E-state index contributed by atoms with van der Waals surface area (Å²) in [6, 6.07) is 16.8. The molecule has 0 amide bonds. The first kappa shape index (κ1) is 26.0. The molecular weight excluding hydrogens is 494 g/mol. The number of carbonyl (C=O) groups is 1. The van der Waals surface area contributed by atoms with Crippen molar-refractivity contribution in [1.82, 2.24) is 0 Å². The molecule has 3 N–H and O–H groups in total. The monoisotopic (exact) mass is 525 g/mol. The number of allylic oxidation sites excluding steroid dienone is 3. The van der Waals surface area contributed by atoms with E-state index in [4.69, 9.17) is 19.9 Å². The number of ketones is 1. The maximum Gasteiger partial charge on any atom is 0.203 e. The molecular formula is C31H31N3O5. The van der Waals surface area contributed by atoms with Crippen molar-refractivity contribution < 1.29 is 24.1 Å². The van der Waals surface area contributed by atoms with Crippen LogP contribution in [0.25, 0.3) is 10.8 Å². The van der Waals surface area contributed by atoms with Gasteiger partial charge in [0.1, 0.15) is 11.6 Å². The minimum atomic E-state index is -0.821. The van der Waals surface area contributed by atoms with Crippen LogP contribution in [0.4, 0.5) is 5.69 Å². The predicted molar refractivity (Wildman–Crippen MR) is 149 cm³/mol. The molecule has 8 heteroatoms. The summed E-state index contributed by atoms with van der Waals surface area (Å²) < 4.78 is 16.7. The number of anilines is 1. The molecule has 0 fully saturated rings. The topological polar surface area (TPSA) is 118 Å². The maximum atomic E-state index is 14.0. The Labute approximate surface area is 227 Å². The number of nitrogens with zero attached hydrogens (tertiary/aromatic N) is 2. The van der Waals surface area contributed by atoms with Gasteiger partial charge in [-0.15, -0.1) is 0 Å².